The molecule has 7 heteroatoms. The van der Waals surface area contributed by atoms with E-state index < -0.39 is 0 Å². The highest BCUT2D eigenvalue weighted by Gasteiger charge is 2.07. The Morgan fingerprint density at radius 3 is 2.47 bits per heavy atom. The summed E-state index contributed by atoms with van der Waals surface area (Å²) in [7, 11) is 1.55. The van der Waals surface area contributed by atoms with Crippen molar-refractivity contribution >= 4 is 23.7 Å². The number of nitrogens with zero attached hydrogens (tertiary/aromatic N) is 3. The molecule has 1 rings (SSSR count). The van der Waals surface area contributed by atoms with Crippen molar-refractivity contribution in [2.75, 3.05) is 42.8 Å². The zero-order chi connectivity index (χ0) is 14.1. The highest BCUT2D eigenvalue weighted by Crippen LogP contribution is 2.12. The van der Waals surface area contributed by atoms with E-state index in [1.54, 1.807) is 7.11 Å². The molecule has 0 spiro atoms. The summed E-state index contributed by atoms with van der Waals surface area (Å²) in [6, 6.07) is 0.327. The van der Waals surface area contributed by atoms with E-state index in [-0.39, 0.29) is 0 Å². The largest absolute Gasteiger partial charge is 0.467 e. The van der Waals surface area contributed by atoms with Crippen molar-refractivity contribution in [3.63, 3.8) is 0 Å². The number of methoxy groups -OCH3 is 1. The lowest BCUT2D eigenvalue weighted by atomic mass is 10.2. The maximum atomic E-state index is 5.08. The lowest BCUT2D eigenvalue weighted by Gasteiger charge is -2.12. The van der Waals surface area contributed by atoms with Gasteiger partial charge in [0.15, 0.2) is 0 Å². The average Bonchev–Trinajstić information content (AvgIpc) is 2.43. The number of nitrogens with one attached hydrogen (secondary N) is 2. The van der Waals surface area contributed by atoms with E-state index in [0.717, 1.165) is 25.3 Å². The van der Waals surface area contributed by atoms with Crippen LogP contribution in [0, 0.1) is 5.92 Å². The standard InChI is InChI=1S/C12H23N5OS/c1-5-6-13-10-15-11(17-12(16-10)18-3)14-7-9(2)8-19-4/h9H,5-8H2,1-4H3,(H2,13,14,15,16,17). The van der Waals surface area contributed by atoms with E-state index in [2.05, 4.69) is 45.7 Å². The van der Waals surface area contributed by atoms with Gasteiger partial charge in [0.2, 0.25) is 11.9 Å². The Hall–Kier alpha value is -1.24. The molecule has 0 radical (unpaired) electrons. The van der Waals surface area contributed by atoms with E-state index in [9.17, 15) is 0 Å². The second-order valence-electron chi connectivity index (χ2n) is 4.34. The molecule has 0 aliphatic rings. The fourth-order valence-corrected chi connectivity index (χ4v) is 2.14. The number of aromatic nitrogens is 3. The first-order valence-corrected chi connectivity index (χ1v) is 7.85. The molecular formula is C12H23N5OS. The van der Waals surface area contributed by atoms with Gasteiger partial charge in [0.1, 0.15) is 0 Å². The topological polar surface area (TPSA) is 72.0 Å². The molecule has 19 heavy (non-hydrogen) atoms. The Labute approximate surface area is 119 Å². The third kappa shape index (κ3) is 5.96. The molecule has 6 nitrogen and oxygen atoms in total. The van der Waals surface area contributed by atoms with Crippen molar-refractivity contribution in [3.05, 3.63) is 0 Å². The molecular weight excluding hydrogens is 262 g/mol. The van der Waals surface area contributed by atoms with Crippen LogP contribution in [0.25, 0.3) is 0 Å². The summed E-state index contributed by atoms with van der Waals surface area (Å²) in [5.74, 6) is 2.77. The predicted molar refractivity (Wildman–Crippen MR) is 81.2 cm³/mol. The van der Waals surface area contributed by atoms with Crippen LogP contribution in [0.15, 0.2) is 0 Å². The van der Waals surface area contributed by atoms with E-state index in [1.807, 2.05) is 11.8 Å². The molecule has 0 amide bonds. The van der Waals surface area contributed by atoms with Gasteiger partial charge >= 0.3 is 6.01 Å². The lowest BCUT2D eigenvalue weighted by molar-refractivity contribution is 0.379. The highest BCUT2D eigenvalue weighted by atomic mass is 32.2. The molecule has 0 saturated carbocycles. The molecule has 2 N–H and O–H groups in total. The molecule has 0 aliphatic heterocycles. The van der Waals surface area contributed by atoms with Gasteiger partial charge < -0.3 is 15.4 Å². The monoisotopic (exact) mass is 285 g/mol. The number of hydrogen-bond acceptors (Lipinski definition) is 7. The summed E-state index contributed by atoms with van der Waals surface area (Å²) in [4.78, 5) is 12.7. The number of ether oxygens (including phenoxy) is 1. The van der Waals surface area contributed by atoms with Crippen LogP contribution in [-0.2, 0) is 0 Å². The minimum absolute atomic E-state index is 0.327. The van der Waals surface area contributed by atoms with Crippen molar-refractivity contribution in [2.45, 2.75) is 20.3 Å². The van der Waals surface area contributed by atoms with Crippen molar-refractivity contribution in [2.24, 2.45) is 5.92 Å². The quantitative estimate of drug-likeness (QED) is 0.720. The van der Waals surface area contributed by atoms with Crippen LogP contribution in [-0.4, -0.2) is 47.2 Å². The van der Waals surface area contributed by atoms with Crippen LogP contribution in [0.1, 0.15) is 20.3 Å². The Bertz CT molecular complexity index is 377. The summed E-state index contributed by atoms with van der Waals surface area (Å²) in [5.41, 5.74) is 0. The van der Waals surface area contributed by atoms with Crippen molar-refractivity contribution in [1.29, 1.82) is 0 Å². The first-order chi connectivity index (χ1) is 9.19. The first kappa shape index (κ1) is 15.8. The fraction of sp³-hybridized carbons (Fsp3) is 0.750. The second-order valence-corrected chi connectivity index (χ2v) is 5.25. The normalized spacial score (nSPS) is 12.0. The average molecular weight is 285 g/mol. The maximum Gasteiger partial charge on any atom is 0.322 e. The third-order valence-electron chi connectivity index (χ3n) is 2.39. The number of anilines is 2. The minimum atomic E-state index is 0.327. The summed E-state index contributed by atoms with van der Waals surface area (Å²) in [5, 5.41) is 6.36. The van der Waals surface area contributed by atoms with Crippen molar-refractivity contribution in [1.82, 2.24) is 15.0 Å². The van der Waals surface area contributed by atoms with E-state index in [0.29, 0.717) is 23.8 Å². The van der Waals surface area contributed by atoms with Crippen LogP contribution in [0.4, 0.5) is 11.9 Å². The zero-order valence-electron chi connectivity index (χ0n) is 12.1. The zero-order valence-corrected chi connectivity index (χ0v) is 12.9. The van der Waals surface area contributed by atoms with Gasteiger partial charge in [-0.3, -0.25) is 0 Å². The number of rotatable bonds is 9. The van der Waals surface area contributed by atoms with Gasteiger partial charge in [0.05, 0.1) is 7.11 Å². The highest BCUT2D eigenvalue weighted by molar-refractivity contribution is 7.98. The summed E-state index contributed by atoms with van der Waals surface area (Å²) >= 11 is 1.84. The molecule has 0 saturated heterocycles. The Morgan fingerprint density at radius 1 is 1.21 bits per heavy atom. The molecule has 0 bridgehead atoms. The van der Waals surface area contributed by atoms with E-state index in [1.165, 1.54) is 0 Å². The molecule has 0 fully saturated rings. The van der Waals surface area contributed by atoms with E-state index in [4.69, 9.17) is 4.74 Å². The molecule has 0 aromatic carbocycles. The summed E-state index contributed by atoms with van der Waals surface area (Å²) < 4.78 is 5.08. The Kier molecular flexibility index (Phi) is 7.32. The van der Waals surface area contributed by atoms with Crippen LogP contribution < -0.4 is 15.4 Å². The predicted octanol–water partition coefficient (Wildman–Crippen LogP) is 2.11. The SMILES string of the molecule is CCCNc1nc(NCC(C)CSC)nc(OC)n1. The van der Waals surface area contributed by atoms with Crippen LogP contribution in [0.5, 0.6) is 6.01 Å². The van der Waals surface area contributed by atoms with E-state index >= 15 is 0 Å². The number of hydrogen-bond donors (Lipinski definition) is 2. The van der Waals surface area contributed by atoms with Crippen LogP contribution in [0.2, 0.25) is 0 Å². The van der Waals surface area contributed by atoms with Crippen molar-refractivity contribution in [3.8, 4) is 6.01 Å². The molecule has 1 aromatic heterocycles. The summed E-state index contributed by atoms with van der Waals surface area (Å²) in [6.45, 7) is 5.95. The smallest absolute Gasteiger partial charge is 0.322 e. The van der Waals surface area contributed by atoms with Gasteiger partial charge in [0.25, 0.3) is 0 Å². The van der Waals surface area contributed by atoms with Crippen LogP contribution in [0.3, 0.4) is 0 Å². The maximum absolute atomic E-state index is 5.08. The molecule has 1 heterocycles. The van der Waals surface area contributed by atoms with Gasteiger partial charge in [-0.15, -0.1) is 0 Å². The van der Waals surface area contributed by atoms with Gasteiger partial charge in [0, 0.05) is 13.1 Å². The minimum Gasteiger partial charge on any atom is -0.467 e. The van der Waals surface area contributed by atoms with Crippen molar-refractivity contribution < 1.29 is 4.74 Å². The lowest BCUT2D eigenvalue weighted by Crippen LogP contribution is -2.16. The van der Waals surface area contributed by atoms with Gasteiger partial charge in [-0.05, 0) is 24.3 Å². The summed E-state index contributed by atoms with van der Waals surface area (Å²) in [6.07, 6.45) is 3.12. The van der Waals surface area contributed by atoms with Gasteiger partial charge in [-0.25, -0.2) is 0 Å². The van der Waals surface area contributed by atoms with Crippen LogP contribution >= 0.6 is 11.8 Å². The van der Waals surface area contributed by atoms with Gasteiger partial charge in [-0.2, -0.15) is 26.7 Å². The first-order valence-electron chi connectivity index (χ1n) is 6.46. The molecule has 1 atom stereocenters. The fourth-order valence-electron chi connectivity index (χ4n) is 1.45. The Morgan fingerprint density at radius 2 is 1.89 bits per heavy atom. The Balaban J connectivity index is 2.65. The molecule has 1 aromatic rings. The molecule has 1 unspecified atom stereocenters. The second kappa shape index (κ2) is 8.79. The molecule has 0 aliphatic carbocycles. The number of thioether (sulfide) groups is 1. The third-order valence-corrected chi connectivity index (χ3v) is 3.29. The molecule has 108 valence electrons. The van der Waals surface area contributed by atoms with Gasteiger partial charge in [-0.1, -0.05) is 13.8 Å².